The summed E-state index contributed by atoms with van der Waals surface area (Å²) in [4.78, 5) is 0. The number of rotatable bonds is 4. The second kappa shape index (κ2) is 7.95. The van der Waals surface area contributed by atoms with Crippen LogP contribution in [0.5, 0.6) is 11.5 Å². The molecular formula is C19H15BrN2OS. The average Bonchev–Trinajstić information content (AvgIpc) is 2.60. The highest BCUT2D eigenvalue weighted by Gasteiger charge is 2.03. The lowest BCUT2D eigenvalue weighted by atomic mass is 10.3. The lowest BCUT2D eigenvalue weighted by molar-refractivity contribution is 0.483. The summed E-state index contributed by atoms with van der Waals surface area (Å²) in [5.41, 5.74) is 1.80. The minimum Gasteiger partial charge on any atom is -0.457 e. The second-order valence-corrected chi connectivity index (χ2v) is 6.26. The predicted octanol–water partition coefficient (Wildman–Crippen LogP) is 6.05. The number of benzene rings is 3. The van der Waals surface area contributed by atoms with Crippen molar-refractivity contribution in [2.75, 3.05) is 10.6 Å². The van der Waals surface area contributed by atoms with Crippen LogP contribution in [-0.2, 0) is 0 Å². The monoisotopic (exact) mass is 398 g/mol. The van der Waals surface area contributed by atoms with E-state index in [4.69, 9.17) is 17.0 Å². The number of thiocarbonyl (C=S) groups is 1. The third kappa shape index (κ3) is 4.57. The molecule has 3 aromatic carbocycles. The molecule has 0 spiro atoms. The van der Waals surface area contributed by atoms with Crippen LogP contribution in [0.15, 0.2) is 83.3 Å². The van der Waals surface area contributed by atoms with Gasteiger partial charge >= 0.3 is 0 Å². The number of halogens is 1. The van der Waals surface area contributed by atoms with Gasteiger partial charge < -0.3 is 15.4 Å². The van der Waals surface area contributed by atoms with E-state index in [2.05, 4.69) is 26.6 Å². The van der Waals surface area contributed by atoms with Gasteiger partial charge in [0.05, 0.1) is 5.69 Å². The maximum absolute atomic E-state index is 5.77. The summed E-state index contributed by atoms with van der Waals surface area (Å²) in [6, 6.07) is 25.1. The van der Waals surface area contributed by atoms with Gasteiger partial charge in [0, 0.05) is 10.2 Å². The molecule has 0 heterocycles. The van der Waals surface area contributed by atoms with Gasteiger partial charge in [-0.05, 0) is 76.7 Å². The van der Waals surface area contributed by atoms with Crippen molar-refractivity contribution in [1.29, 1.82) is 0 Å². The Hall–Kier alpha value is -2.37. The molecule has 0 aliphatic carbocycles. The van der Waals surface area contributed by atoms with Gasteiger partial charge in [-0.15, -0.1) is 0 Å². The van der Waals surface area contributed by atoms with Crippen LogP contribution in [0.4, 0.5) is 11.4 Å². The smallest absolute Gasteiger partial charge is 0.175 e. The van der Waals surface area contributed by atoms with Gasteiger partial charge in [-0.2, -0.15) is 0 Å². The highest BCUT2D eigenvalue weighted by atomic mass is 79.9. The van der Waals surface area contributed by atoms with Crippen LogP contribution in [0.25, 0.3) is 0 Å². The van der Waals surface area contributed by atoms with Crippen LogP contribution in [0.2, 0.25) is 0 Å². The number of hydrogen-bond acceptors (Lipinski definition) is 2. The predicted molar refractivity (Wildman–Crippen MR) is 107 cm³/mol. The Morgan fingerprint density at radius 2 is 1.38 bits per heavy atom. The minimum atomic E-state index is 0.527. The van der Waals surface area contributed by atoms with E-state index < -0.39 is 0 Å². The Kier molecular flexibility index (Phi) is 5.46. The van der Waals surface area contributed by atoms with Crippen molar-refractivity contribution in [2.45, 2.75) is 0 Å². The van der Waals surface area contributed by atoms with E-state index in [-0.39, 0.29) is 0 Å². The molecule has 5 heteroatoms. The lowest BCUT2D eigenvalue weighted by Crippen LogP contribution is -2.19. The Morgan fingerprint density at radius 1 is 0.750 bits per heavy atom. The van der Waals surface area contributed by atoms with Gasteiger partial charge in [-0.3, -0.25) is 0 Å². The van der Waals surface area contributed by atoms with Gasteiger partial charge in [-0.1, -0.05) is 30.3 Å². The van der Waals surface area contributed by atoms with Crippen molar-refractivity contribution < 1.29 is 4.74 Å². The standard InChI is InChI=1S/C19H15BrN2OS/c20-17-8-4-5-9-18(17)22-19(24)21-14-10-12-16(13-11-14)23-15-6-2-1-3-7-15/h1-13H,(H2,21,22,24). The van der Waals surface area contributed by atoms with Crippen LogP contribution in [0.1, 0.15) is 0 Å². The van der Waals surface area contributed by atoms with E-state index in [1.807, 2.05) is 78.9 Å². The molecule has 2 N–H and O–H groups in total. The van der Waals surface area contributed by atoms with E-state index in [0.29, 0.717) is 5.11 Å². The van der Waals surface area contributed by atoms with E-state index in [1.54, 1.807) is 0 Å². The number of ether oxygens (including phenoxy) is 1. The molecule has 0 aromatic heterocycles. The molecule has 0 saturated carbocycles. The zero-order valence-corrected chi connectivity index (χ0v) is 15.1. The fraction of sp³-hybridized carbons (Fsp3) is 0. The molecule has 24 heavy (non-hydrogen) atoms. The average molecular weight is 399 g/mol. The fourth-order valence-corrected chi connectivity index (χ4v) is 2.69. The Bertz CT molecular complexity index is 822. The third-order valence-corrected chi connectivity index (χ3v) is 4.11. The molecule has 120 valence electrons. The first kappa shape index (κ1) is 16.5. The van der Waals surface area contributed by atoms with E-state index in [9.17, 15) is 0 Å². The van der Waals surface area contributed by atoms with Crippen LogP contribution >= 0.6 is 28.1 Å². The Labute approximate surface area is 154 Å². The van der Waals surface area contributed by atoms with Gasteiger partial charge in [-0.25, -0.2) is 0 Å². The summed E-state index contributed by atoms with van der Waals surface area (Å²) in [6.07, 6.45) is 0. The molecule has 0 amide bonds. The van der Waals surface area contributed by atoms with Gasteiger partial charge in [0.15, 0.2) is 5.11 Å². The molecule has 0 radical (unpaired) electrons. The van der Waals surface area contributed by atoms with Crippen molar-refractivity contribution in [2.24, 2.45) is 0 Å². The van der Waals surface area contributed by atoms with Crippen molar-refractivity contribution in [3.8, 4) is 11.5 Å². The molecular weight excluding hydrogens is 384 g/mol. The van der Waals surface area contributed by atoms with E-state index in [1.165, 1.54) is 0 Å². The summed E-state index contributed by atoms with van der Waals surface area (Å²) >= 11 is 8.83. The molecule has 0 bridgehead atoms. The van der Waals surface area contributed by atoms with Crippen LogP contribution in [0, 0.1) is 0 Å². The van der Waals surface area contributed by atoms with E-state index >= 15 is 0 Å². The lowest BCUT2D eigenvalue weighted by Gasteiger charge is -2.12. The molecule has 3 rings (SSSR count). The van der Waals surface area contributed by atoms with Crippen molar-refractivity contribution in [3.63, 3.8) is 0 Å². The number of para-hydroxylation sites is 2. The topological polar surface area (TPSA) is 33.3 Å². The van der Waals surface area contributed by atoms with Gasteiger partial charge in [0.25, 0.3) is 0 Å². The molecule has 0 fully saturated rings. The molecule has 0 aliphatic rings. The first-order valence-electron chi connectivity index (χ1n) is 7.36. The number of anilines is 2. The third-order valence-electron chi connectivity index (χ3n) is 3.21. The highest BCUT2D eigenvalue weighted by Crippen LogP contribution is 2.24. The van der Waals surface area contributed by atoms with Gasteiger partial charge in [0.1, 0.15) is 11.5 Å². The SMILES string of the molecule is S=C(Nc1ccc(Oc2ccccc2)cc1)Nc1ccccc1Br. The van der Waals surface area contributed by atoms with Crippen LogP contribution in [0.3, 0.4) is 0 Å². The molecule has 3 aromatic rings. The van der Waals surface area contributed by atoms with Gasteiger partial charge in [0.2, 0.25) is 0 Å². The summed E-state index contributed by atoms with van der Waals surface area (Å²) in [6.45, 7) is 0. The zero-order valence-electron chi connectivity index (χ0n) is 12.7. The quantitative estimate of drug-likeness (QED) is 0.524. The largest absolute Gasteiger partial charge is 0.457 e. The summed E-state index contributed by atoms with van der Waals surface area (Å²) in [5, 5.41) is 6.83. The second-order valence-electron chi connectivity index (χ2n) is 5.00. The highest BCUT2D eigenvalue weighted by molar-refractivity contribution is 9.10. The normalized spacial score (nSPS) is 10.0. The van der Waals surface area contributed by atoms with Crippen LogP contribution in [-0.4, -0.2) is 5.11 Å². The Morgan fingerprint density at radius 3 is 2.08 bits per heavy atom. The molecule has 0 aliphatic heterocycles. The first-order chi connectivity index (χ1) is 11.7. The maximum Gasteiger partial charge on any atom is 0.175 e. The van der Waals surface area contributed by atoms with Crippen molar-refractivity contribution in [1.82, 2.24) is 0 Å². The number of nitrogens with one attached hydrogen (secondary N) is 2. The first-order valence-corrected chi connectivity index (χ1v) is 8.56. The molecule has 3 nitrogen and oxygen atoms in total. The molecule has 0 atom stereocenters. The summed E-state index contributed by atoms with van der Waals surface area (Å²) in [7, 11) is 0. The zero-order chi connectivity index (χ0) is 16.8. The summed E-state index contributed by atoms with van der Waals surface area (Å²) < 4.78 is 6.73. The fourth-order valence-electron chi connectivity index (χ4n) is 2.08. The van der Waals surface area contributed by atoms with E-state index in [0.717, 1.165) is 27.3 Å². The number of hydrogen-bond donors (Lipinski definition) is 2. The van der Waals surface area contributed by atoms with Crippen molar-refractivity contribution >= 4 is 44.6 Å². The maximum atomic E-state index is 5.77. The summed E-state index contributed by atoms with van der Waals surface area (Å²) in [5.74, 6) is 1.58. The molecule has 0 saturated heterocycles. The Balaban J connectivity index is 1.60. The molecule has 0 unspecified atom stereocenters. The van der Waals surface area contributed by atoms with Crippen molar-refractivity contribution in [3.05, 3.63) is 83.3 Å². The minimum absolute atomic E-state index is 0.527. The van der Waals surface area contributed by atoms with Crippen LogP contribution < -0.4 is 15.4 Å².